The van der Waals surface area contributed by atoms with Crippen LogP contribution in [0, 0.1) is 6.92 Å². The minimum Gasteiger partial charge on any atom is -0.382 e. The second-order valence-corrected chi connectivity index (χ2v) is 5.23. The molecule has 1 heterocycles. The minimum atomic E-state index is -0.791. The Kier molecular flexibility index (Phi) is 4.22. The molecule has 5 N–H and O–H groups in total. The van der Waals surface area contributed by atoms with Crippen LogP contribution < -0.4 is 16.8 Å². The van der Waals surface area contributed by atoms with Gasteiger partial charge in [-0.2, -0.15) is 0 Å². The Hall–Kier alpha value is -2.42. The topological polar surface area (TPSA) is 129 Å². The molecule has 9 heteroatoms. The molecule has 0 bridgehead atoms. The number of nitrogens with zero attached hydrogens (tertiary/aromatic N) is 3. The third-order valence-corrected chi connectivity index (χ3v) is 3.35. The molecule has 0 saturated carbocycles. The van der Waals surface area contributed by atoms with Crippen LogP contribution >= 0.6 is 15.9 Å². The molecular formula is C12H13BrN6O2. The average molecular weight is 353 g/mol. The van der Waals surface area contributed by atoms with Crippen LogP contribution in [0.15, 0.2) is 22.7 Å². The van der Waals surface area contributed by atoms with Gasteiger partial charge < -0.3 is 16.8 Å². The molecule has 0 radical (unpaired) electrons. The van der Waals surface area contributed by atoms with E-state index in [1.165, 1.54) is 0 Å². The molecule has 0 atom stereocenters. The number of benzene rings is 1. The molecule has 110 valence electrons. The first-order chi connectivity index (χ1) is 9.88. The predicted octanol–water partition coefficient (Wildman–Crippen LogP) is 0.669. The molecule has 21 heavy (non-hydrogen) atoms. The molecule has 8 nitrogen and oxygen atoms in total. The van der Waals surface area contributed by atoms with Crippen molar-refractivity contribution in [1.82, 2.24) is 15.0 Å². The van der Waals surface area contributed by atoms with Crippen molar-refractivity contribution >= 4 is 39.2 Å². The summed E-state index contributed by atoms with van der Waals surface area (Å²) in [6.07, 6.45) is 0. The molecule has 1 aromatic carbocycles. The van der Waals surface area contributed by atoms with E-state index in [1.54, 1.807) is 6.07 Å². The second-order valence-electron chi connectivity index (χ2n) is 4.38. The Morgan fingerprint density at radius 3 is 2.71 bits per heavy atom. The lowest BCUT2D eigenvalue weighted by atomic mass is 10.2. The molecular weight excluding hydrogens is 340 g/mol. The van der Waals surface area contributed by atoms with Crippen molar-refractivity contribution in [2.45, 2.75) is 13.5 Å². The van der Waals surface area contributed by atoms with Gasteiger partial charge in [0.15, 0.2) is 11.5 Å². The Morgan fingerprint density at radius 1 is 1.43 bits per heavy atom. The van der Waals surface area contributed by atoms with Crippen LogP contribution in [-0.4, -0.2) is 26.8 Å². The number of carbonyl (C=O) groups is 2. The number of nitrogens with one attached hydrogen (secondary N) is 1. The molecule has 0 fully saturated rings. The van der Waals surface area contributed by atoms with Crippen molar-refractivity contribution in [2.24, 2.45) is 5.73 Å². The zero-order chi connectivity index (χ0) is 15.6. The van der Waals surface area contributed by atoms with Gasteiger partial charge in [-0.25, -0.2) is 4.68 Å². The van der Waals surface area contributed by atoms with Crippen molar-refractivity contribution in [3.05, 3.63) is 33.9 Å². The van der Waals surface area contributed by atoms with E-state index in [-0.39, 0.29) is 24.0 Å². The highest BCUT2D eigenvalue weighted by Crippen LogP contribution is 2.23. The van der Waals surface area contributed by atoms with Crippen molar-refractivity contribution in [3.63, 3.8) is 0 Å². The van der Waals surface area contributed by atoms with Gasteiger partial charge in [0.1, 0.15) is 6.54 Å². The number of carbonyl (C=O) groups excluding carboxylic acids is 2. The maximum absolute atomic E-state index is 12.0. The molecule has 2 amide bonds. The van der Waals surface area contributed by atoms with Gasteiger partial charge in [-0.05, 0) is 40.5 Å². The summed E-state index contributed by atoms with van der Waals surface area (Å²) >= 11 is 3.36. The summed E-state index contributed by atoms with van der Waals surface area (Å²) in [7, 11) is 0. The van der Waals surface area contributed by atoms with Gasteiger partial charge in [-0.3, -0.25) is 9.59 Å². The SMILES string of the molecule is Cc1ccc(NC(=O)Cn2nnc(C(N)=O)c2N)c(Br)c1. The molecule has 2 rings (SSSR count). The summed E-state index contributed by atoms with van der Waals surface area (Å²) in [4.78, 5) is 23.0. The quantitative estimate of drug-likeness (QED) is 0.744. The van der Waals surface area contributed by atoms with E-state index in [1.807, 2.05) is 19.1 Å². The number of anilines is 2. The van der Waals surface area contributed by atoms with E-state index in [4.69, 9.17) is 11.5 Å². The van der Waals surface area contributed by atoms with Gasteiger partial charge in [0, 0.05) is 4.47 Å². The Labute approximate surface area is 128 Å². The first-order valence-corrected chi connectivity index (χ1v) is 6.72. The van der Waals surface area contributed by atoms with Gasteiger partial charge in [-0.15, -0.1) is 5.10 Å². The van der Waals surface area contributed by atoms with E-state index < -0.39 is 5.91 Å². The molecule has 0 aliphatic heterocycles. The van der Waals surface area contributed by atoms with Crippen molar-refractivity contribution in [3.8, 4) is 0 Å². The summed E-state index contributed by atoms with van der Waals surface area (Å²) in [6.45, 7) is 1.77. The predicted molar refractivity (Wildman–Crippen MR) is 80.5 cm³/mol. The zero-order valence-corrected chi connectivity index (χ0v) is 12.7. The fourth-order valence-corrected chi connectivity index (χ4v) is 2.25. The summed E-state index contributed by atoms with van der Waals surface area (Å²) in [5, 5.41) is 9.86. The van der Waals surface area contributed by atoms with Crippen molar-refractivity contribution < 1.29 is 9.59 Å². The van der Waals surface area contributed by atoms with Crippen LogP contribution in [0.25, 0.3) is 0 Å². The number of aromatic nitrogens is 3. The van der Waals surface area contributed by atoms with E-state index in [0.29, 0.717) is 5.69 Å². The number of amides is 2. The van der Waals surface area contributed by atoms with Crippen LogP contribution in [0.4, 0.5) is 11.5 Å². The first-order valence-electron chi connectivity index (χ1n) is 5.93. The smallest absolute Gasteiger partial charge is 0.273 e. The number of hydrogen-bond acceptors (Lipinski definition) is 5. The fourth-order valence-electron chi connectivity index (χ4n) is 1.66. The number of rotatable bonds is 4. The molecule has 2 aromatic rings. The fraction of sp³-hybridized carbons (Fsp3) is 0.167. The van der Waals surface area contributed by atoms with Gasteiger partial charge in [-0.1, -0.05) is 11.3 Å². The molecule has 0 aliphatic rings. The number of halogens is 1. The maximum atomic E-state index is 12.0. The highest BCUT2D eigenvalue weighted by molar-refractivity contribution is 9.10. The van der Waals surface area contributed by atoms with Gasteiger partial charge in [0.2, 0.25) is 5.91 Å². The second kappa shape index (κ2) is 5.92. The molecule has 0 aliphatic carbocycles. The summed E-state index contributed by atoms with van der Waals surface area (Å²) in [6, 6.07) is 5.52. The lowest BCUT2D eigenvalue weighted by molar-refractivity contribution is -0.116. The minimum absolute atomic E-state index is 0.0411. The number of nitrogen functional groups attached to an aromatic ring is 1. The average Bonchev–Trinajstić information content (AvgIpc) is 2.74. The van der Waals surface area contributed by atoms with Gasteiger partial charge in [0.05, 0.1) is 5.69 Å². The number of nitrogens with two attached hydrogens (primary N) is 2. The lowest BCUT2D eigenvalue weighted by Crippen LogP contribution is -2.21. The third kappa shape index (κ3) is 3.37. The lowest BCUT2D eigenvalue weighted by Gasteiger charge is -2.08. The van der Waals surface area contributed by atoms with Crippen molar-refractivity contribution in [2.75, 3.05) is 11.1 Å². The van der Waals surface area contributed by atoms with Gasteiger partial charge in [0.25, 0.3) is 5.91 Å². The molecule has 0 saturated heterocycles. The monoisotopic (exact) mass is 352 g/mol. The Bertz CT molecular complexity index is 712. The summed E-state index contributed by atoms with van der Waals surface area (Å²) < 4.78 is 1.87. The van der Waals surface area contributed by atoms with E-state index in [0.717, 1.165) is 14.7 Å². The van der Waals surface area contributed by atoms with Crippen molar-refractivity contribution in [1.29, 1.82) is 0 Å². The van der Waals surface area contributed by atoms with Crippen LogP contribution in [0.3, 0.4) is 0 Å². The highest BCUT2D eigenvalue weighted by Gasteiger charge is 2.16. The molecule has 1 aromatic heterocycles. The normalized spacial score (nSPS) is 10.4. The van der Waals surface area contributed by atoms with E-state index >= 15 is 0 Å². The zero-order valence-electron chi connectivity index (χ0n) is 11.1. The van der Waals surface area contributed by atoms with Crippen LogP contribution in [-0.2, 0) is 11.3 Å². The molecule has 0 spiro atoms. The van der Waals surface area contributed by atoms with Crippen LogP contribution in [0.2, 0.25) is 0 Å². The molecule has 0 unspecified atom stereocenters. The standard InChI is InChI=1S/C12H13BrN6O2/c1-6-2-3-8(7(13)4-6)16-9(20)5-19-11(14)10(12(15)21)17-18-19/h2-4H,5,14H2,1H3,(H2,15,21)(H,16,20). The number of hydrogen-bond donors (Lipinski definition) is 3. The number of primary amides is 1. The maximum Gasteiger partial charge on any atom is 0.273 e. The largest absolute Gasteiger partial charge is 0.382 e. The summed E-state index contributed by atoms with van der Waals surface area (Å²) in [5.41, 5.74) is 12.3. The third-order valence-electron chi connectivity index (χ3n) is 2.70. The van der Waals surface area contributed by atoms with Crippen LogP contribution in [0.5, 0.6) is 0 Å². The van der Waals surface area contributed by atoms with Crippen LogP contribution in [0.1, 0.15) is 16.1 Å². The Morgan fingerprint density at radius 2 is 2.14 bits per heavy atom. The van der Waals surface area contributed by atoms with E-state index in [2.05, 4.69) is 31.6 Å². The summed E-state index contributed by atoms with van der Waals surface area (Å²) in [5.74, 6) is -1.19. The highest BCUT2D eigenvalue weighted by atomic mass is 79.9. The number of aryl methyl sites for hydroxylation is 1. The Balaban J connectivity index is 2.10. The van der Waals surface area contributed by atoms with E-state index in [9.17, 15) is 9.59 Å². The first kappa shape index (κ1) is 15.0. The van der Waals surface area contributed by atoms with Gasteiger partial charge >= 0.3 is 0 Å².